The van der Waals surface area contributed by atoms with Gasteiger partial charge in [0.15, 0.2) is 0 Å². The summed E-state index contributed by atoms with van der Waals surface area (Å²) in [6.07, 6.45) is 0. The molecule has 4 nitrogen and oxygen atoms in total. The van der Waals surface area contributed by atoms with Gasteiger partial charge in [-0.1, -0.05) is 15.9 Å². The molecule has 0 fully saturated rings. The van der Waals surface area contributed by atoms with Gasteiger partial charge in [-0.2, -0.15) is 5.26 Å². The first-order valence-electron chi connectivity index (χ1n) is 3.28. The Labute approximate surface area is 82.7 Å². The number of nitrogens with zero attached hydrogens (tertiary/aromatic N) is 1. The van der Waals surface area contributed by atoms with Gasteiger partial charge in [-0.05, 0) is 12.1 Å². The van der Waals surface area contributed by atoms with Crippen molar-refractivity contribution in [1.82, 2.24) is 0 Å². The summed E-state index contributed by atoms with van der Waals surface area (Å²) in [7, 11) is 0. The van der Waals surface area contributed by atoms with Crippen LogP contribution >= 0.6 is 15.9 Å². The maximum atomic E-state index is 10.7. The van der Waals surface area contributed by atoms with E-state index in [-0.39, 0.29) is 16.8 Å². The Morgan fingerprint density at radius 2 is 2.23 bits per heavy atom. The lowest BCUT2D eigenvalue weighted by Crippen LogP contribution is -2.05. The van der Waals surface area contributed by atoms with E-state index in [0.717, 1.165) is 0 Å². The largest absolute Gasteiger partial charge is 0.478 e. The van der Waals surface area contributed by atoms with Crippen LogP contribution in [-0.4, -0.2) is 11.1 Å². The summed E-state index contributed by atoms with van der Waals surface area (Å²) < 4.78 is 0.589. The molecule has 0 aliphatic carbocycles. The van der Waals surface area contributed by atoms with E-state index >= 15 is 0 Å². The summed E-state index contributed by atoms with van der Waals surface area (Å²) in [6, 6.07) is 4.63. The first-order valence-corrected chi connectivity index (χ1v) is 4.08. The standard InChI is InChI=1S/C8H5BrN2O2/c9-5-1-4(3-10)7(8(12)13)6(11)2-5/h1-2H,11H2,(H,12,13). The quantitative estimate of drug-likeness (QED) is 0.731. The Morgan fingerprint density at radius 1 is 1.62 bits per heavy atom. The van der Waals surface area contributed by atoms with Crippen molar-refractivity contribution >= 4 is 27.6 Å². The number of hydrogen-bond donors (Lipinski definition) is 2. The molecule has 0 atom stereocenters. The van der Waals surface area contributed by atoms with Crippen LogP contribution in [0.15, 0.2) is 16.6 Å². The third-order valence-electron chi connectivity index (χ3n) is 1.47. The molecule has 0 saturated carbocycles. The molecule has 3 N–H and O–H groups in total. The summed E-state index contributed by atoms with van der Waals surface area (Å²) in [5, 5.41) is 17.3. The lowest BCUT2D eigenvalue weighted by Gasteiger charge is -2.03. The molecular weight excluding hydrogens is 236 g/mol. The van der Waals surface area contributed by atoms with E-state index in [1.807, 2.05) is 0 Å². The van der Waals surface area contributed by atoms with E-state index in [0.29, 0.717) is 4.47 Å². The molecule has 0 radical (unpaired) electrons. The Kier molecular flexibility index (Phi) is 2.54. The molecule has 0 spiro atoms. The second-order valence-electron chi connectivity index (χ2n) is 2.33. The number of carboxylic acids is 1. The predicted molar refractivity (Wildman–Crippen MR) is 50.2 cm³/mol. The van der Waals surface area contributed by atoms with Crippen molar-refractivity contribution in [2.24, 2.45) is 0 Å². The maximum Gasteiger partial charge on any atom is 0.339 e. The lowest BCUT2D eigenvalue weighted by atomic mass is 10.1. The van der Waals surface area contributed by atoms with Crippen molar-refractivity contribution in [2.45, 2.75) is 0 Å². The summed E-state index contributed by atoms with van der Waals surface area (Å²) in [4.78, 5) is 10.7. The van der Waals surface area contributed by atoms with Crippen LogP contribution in [-0.2, 0) is 0 Å². The van der Waals surface area contributed by atoms with Crippen LogP contribution in [0.3, 0.4) is 0 Å². The van der Waals surface area contributed by atoms with Crippen molar-refractivity contribution in [3.8, 4) is 6.07 Å². The summed E-state index contributed by atoms with van der Waals surface area (Å²) in [5.74, 6) is -1.19. The van der Waals surface area contributed by atoms with Gasteiger partial charge in [0.05, 0.1) is 5.56 Å². The van der Waals surface area contributed by atoms with Crippen LogP contribution in [0.5, 0.6) is 0 Å². The lowest BCUT2D eigenvalue weighted by molar-refractivity contribution is 0.0697. The number of rotatable bonds is 1. The monoisotopic (exact) mass is 240 g/mol. The average Bonchev–Trinajstić information content (AvgIpc) is 2.01. The molecule has 1 rings (SSSR count). The molecule has 0 unspecified atom stereocenters. The molecule has 0 aliphatic rings. The van der Waals surface area contributed by atoms with Crippen molar-refractivity contribution < 1.29 is 9.90 Å². The van der Waals surface area contributed by atoms with Gasteiger partial charge in [0.2, 0.25) is 0 Å². The summed E-state index contributed by atoms with van der Waals surface area (Å²) >= 11 is 3.11. The Morgan fingerprint density at radius 3 is 2.69 bits per heavy atom. The Balaban J connectivity index is 3.50. The van der Waals surface area contributed by atoms with E-state index in [1.165, 1.54) is 12.1 Å². The molecule has 13 heavy (non-hydrogen) atoms. The minimum atomic E-state index is -1.19. The SMILES string of the molecule is N#Cc1cc(Br)cc(N)c1C(=O)O. The number of anilines is 1. The highest BCUT2D eigenvalue weighted by Gasteiger charge is 2.14. The minimum absolute atomic E-state index is 0.0550. The zero-order chi connectivity index (χ0) is 10.0. The molecule has 1 aromatic rings. The molecular formula is C8H5BrN2O2. The van der Waals surface area contributed by atoms with E-state index in [4.69, 9.17) is 16.1 Å². The van der Waals surface area contributed by atoms with Gasteiger partial charge < -0.3 is 10.8 Å². The topological polar surface area (TPSA) is 87.1 Å². The second-order valence-corrected chi connectivity index (χ2v) is 3.25. The van der Waals surface area contributed by atoms with Crippen LogP contribution in [0.1, 0.15) is 15.9 Å². The molecule has 1 aromatic carbocycles. The van der Waals surface area contributed by atoms with Crippen molar-refractivity contribution in [1.29, 1.82) is 5.26 Å². The molecule has 0 saturated heterocycles. The predicted octanol–water partition coefficient (Wildman–Crippen LogP) is 1.60. The van der Waals surface area contributed by atoms with Gasteiger partial charge in [-0.25, -0.2) is 4.79 Å². The van der Waals surface area contributed by atoms with Crippen LogP contribution in [0.2, 0.25) is 0 Å². The van der Waals surface area contributed by atoms with Gasteiger partial charge in [0.25, 0.3) is 0 Å². The zero-order valence-electron chi connectivity index (χ0n) is 6.41. The molecule has 0 amide bonds. The van der Waals surface area contributed by atoms with Crippen molar-refractivity contribution in [3.05, 3.63) is 27.7 Å². The molecule has 5 heteroatoms. The third-order valence-corrected chi connectivity index (χ3v) is 1.93. The van der Waals surface area contributed by atoms with Crippen molar-refractivity contribution in [3.63, 3.8) is 0 Å². The average molecular weight is 241 g/mol. The highest BCUT2D eigenvalue weighted by molar-refractivity contribution is 9.10. The van der Waals surface area contributed by atoms with Crippen LogP contribution in [0.25, 0.3) is 0 Å². The van der Waals surface area contributed by atoms with E-state index in [2.05, 4.69) is 15.9 Å². The summed E-state index contributed by atoms with van der Waals surface area (Å²) in [5.41, 5.74) is 5.43. The van der Waals surface area contributed by atoms with Gasteiger partial charge in [0.1, 0.15) is 11.6 Å². The van der Waals surface area contributed by atoms with Gasteiger partial charge in [-0.3, -0.25) is 0 Å². The number of carboxylic acid groups (broad SMARTS) is 1. The Bertz CT molecular complexity index is 409. The first kappa shape index (κ1) is 9.55. The number of nitriles is 1. The molecule has 0 bridgehead atoms. The van der Waals surface area contributed by atoms with Gasteiger partial charge >= 0.3 is 5.97 Å². The number of benzene rings is 1. The normalized spacial score (nSPS) is 9.23. The Hall–Kier alpha value is -1.54. The fourth-order valence-corrected chi connectivity index (χ4v) is 1.43. The van der Waals surface area contributed by atoms with Crippen molar-refractivity contribution in [2.75, 3.05) is 5.73 Å². The molecule has 66 valence electrons. The smallest absolute Gasteiger partial charge is 0.339 e. The van der Waals surface area contributed by atoms with Crippen LogP contribution in [0, 0.1) is 11.3 Å². The number of hydrogen-bond acceptors (Lipinski definition) is 3. The number of nitrogens with two attached hydrogens (primary N) is 1. The zero-order valence-corrected chi connectivity index (χ0v) is 8.00. The fraction of sp³-hybridized carbons (Fsp3) is 0. The van der Waals surface area contributed by atoms with E-state index in [9.17, 15) is 4.79 Å². The van der Waals surface area contributed by atoms with E-state index in [1.54, 1.807) is 6.07 Å². The summed E-state index contributed by atoms with van der Waals surface area (Å²) in [6.45, 7) is 0. The maximum absolute atomic E-state index is 10.7. The molecule has 0 aliphatic heterocycles. The number of halogens is 1. The number of nitrogen functional groups attached to an aromatic ring is 1. The van der Waals surface area contributed by atoms with E-state index < -0.39 is 5.97 Å². The number of carbonyl (C=O) groups is 1. The van der Waals surface area contributed by atoms with Crippen LogP contribution in [0.4, 0.5) is 5.69 Å². The molecule has 0 aromatic heterocycles. The number of aromatic carboxylic acids is 1. The van der Waals surface area contributed by atoms with Crippen LogP contribution < -0.4 is 5.73 Å². The fourth-order valence-electron chi connectivity index (χ4n) is 0.955. The highest BCUT2D eigenvalue weighted by Crippen LogP contribution is 2.22. The first-order chi connectivity index (χ1) is 6.06. The molecule has 0 heterocycles. The third kappa shape index (κ3) is 1.79. The van der Waals surface area contributed by atoms with Gasteiger partial charge in [0, 0.05) is 10.2 Å². The van der Waals surface area contributed by atoms with Gasteiger partial charge in [-0.15, -0.1) is 0 Å². The second kappa shape index (κ2) is 3.46. The minimum Gasteiger partial charge on any atom is -0.478 e. The highest BCUT2D eigenvalue weighted by atomic mass is 79.9.